The standard InChI is InChI=1S/C15H17N/c1-4-5-8-11-14(2)16(3)15-12-9-6-7-10-13-15/h4-6,8-13H,1H2,2-3H3/b8-5-,14-11+. The summed E-state index contributed by atoms with van der Waals surface area (Å²) in [4.78, 5) is 2.13. The zero-order valence-electron chi connectivity index (χ0n) is 9.85. The first kappa shape index (κ1) is 12.1. The van der Waals surface area contributed by atoms with E-state index in [0.29, 0.717) is 0 Å². The maximum absolute atomic E-state index is 3.64. The molecule has 0 N–H and O–H groups in total. The van der Waals surface area contributed by atoms with Crippen LogP contribution < -0.4 is 0 Å². The van der Waals surface area contributed by atoms with Gasteiger partial charge in [0.2, 0.25) is 0 Å². The minimum absolute atomic E-state index is 1.14. The summed E-state index contributed by atoms with van der Waals surface area (Å²) in [6.07, 6.45) is 17.6. The zero-order chi connectivity index (χ0) is 11.8. The van der Waals surface area contributed by atoms with E-state index in [4.69, 9.17) is 0 Å². The van der Waals surface area contributed by atoms with Crippen molar-refractivity contribution in [2.75, 3.05) is 7.05 Å². The monoisotopic (exact) mass is 211 g/mol. The van der Waals surface area contributed by atoms with Crippen LogP contribution in [0.15, 0.2) is 78.4 Å². The van der Waals surface area contributed by atoms with Crippen LogP contribution in [0.5, 0.6) is 0 Å². The van der Waals surface area contributed by atoms with Crippen molar-refractivity contribution in [2.24, 2.45) is 0 Å². The third kappa shape index (κ3) is 3.64. The number of rotatable bonds is 4. The Labute approximate surface area is 97.8 Å². The van der Waals surface area contributed by atoms with Gasteiger partial charge in [-0.25, -0.2) is 0 Å². The Kier molecular flexibility index (Phi) is 4.91. The molecule has 0 saturated heterocycles. The highest BCUT2D eigenvalue weighted by atomic mass is 15.1. The van der Waals surface area contributed by atoms with Gasteiger partial charge in [-0.3, -0.25) is 0 Å². The van der Waals surface area contributed by atoms with E-state index in [2.05, 4.69) is 36.3 Å². The lowest BCUT2D eigenvalue weighted by atomic mass is 10.3. The van der Waals surface area contributed by atoms with Gasteiger partial charge < -0.3 is 4.90 Å². The molecule has 0 radical (unpaired) electrons. The van der Waals surface area contributed by atoms with Crippen molar-refractivity contribution in [3.8, 4) is 0 Å². The molecule has 0 aromatic heterocycles. The molecule has 0 atom stereocenters. The lowest BCUT2D eigenvalue weighted by Crippen LogP contribution is -2.13. The van der Waals surface area contributed by atoms with Gasteiger partial charge in [-0.2, -0.15) is 0 Å². The molecule has 1 aliphatic carbocycles. The number of likely N-dealkylation sites (N-methyl/N-ethyl adjacent to an activating group) is 1. The molecule has 0 spiro atoms. The molecule has 0 bridgehead atoms. The van der Waals surface area contributed by atoms with E-state index in [1.54, 1.807) is 6.08 Å². The summed E-state index contributed by atoms with van der Waals surface area (Å²) in [7, 11) is 2.04. The van der Waals surface area contributed by atoms with Gasteiger partial charge in [0.1, 0.15) is 0 Å². The first-order valence-corrected chi connectivity index (χ1v) is 5.25. The molecule has 1 heteroatoms. The summed E-state index contributed by atoms with van der Waals surface area (Å²) in [6.45, 7) is 5.71. The molecule has 0 aromatic rings. The minimum Gasteiger partial charge on any atom is -0.348 e. The van der Waals surface area contributed by atoms with Gasteiger partial charge >= 0.3 is 0 Å². The molecular formula is C15H17N. The van der Waals surface area contributed by atoms with Gasteiger partial charge in [-0.15, -0.1) is 5.73 Å². The third-order valence-electron chi connectivity index (χ3n) is 2.31. The fourth-order valence-corrected chi connectivity index (χ4v) is 1.26. The molecule has 0 amide bonds. The Morgan fingerprint density at radius 1 is 1.38 bits per heavy atom. The molecule has 1 aliphatic rings. The summed E-state index contributed by atoms with van der Waals surface area (Å²) in [6, 6.07) is 0. The van der Waals surface area contributed by atoms with Gasteiger partial charge in [-0.05, 0) is 37.3 Å². The van der Waals surface area contributed by atoms with E-state index in [9.17, 15) is 0 Å². The van der Waals surface area contributed by atoms with Crippen molar-refractivity contribution in [2.45, 2.75) is 6.92 Å². The summed E-state index contributed by atoms with van der Waals surface area (Å²) in [5.41, 5.74) is 5.35. The van der Waals surface area contributed by atoms with Crippen molar-refractivity contribution in [3.05, 3.63) is 78.4 Å². The second kappa shape index (κ2) is 6.49. The van der Waals surface area contributed by atoms with E-state index in [1.807, 2.05) is 43.5 Å². The average Bonchev–Trinajstić information content (AvgIpc) is 2.56. The van der Waals surface area contributed by atoms with E-state index >= 15 is 0 Å². The molecule has 0 fully saturated rings. The lowest BCUT2D eigenvalue weighted by Gasteiger charge is -2.20. The van der Waals surface area contributed by atoms with Crippen LogP contribution in [-0.2, 0) is 0 Å². The van der Waals surface area contributed by atoms with Crippen LogP contribution in [0.3, 0.4) is 0 Å². The van der Waals surface area contributed by atoms with Crippen LogP contribution in [0.1, 0.15) is 6.92 Å². The fourth-order valence-electron chi connectivity index (χ4n) is 1.26. The minimum atomic E-state index is 1.14. The molecule has 82 valence electrons. The highest BCUT2D eigenvalue weighted by molar-refractivity contribution is 5.31. The number of hydrogen-bond acceptors (Lipinski definition) is 1. The predicted molar refractivity (Wildman–Crippen MR) is 70.7 cm³/mol. The van der Waals surface area contributed by atoms with Crippen LogP contribution in [0, 0.1) is 0 Å². The Bertz CT molecular complexity index is 424. The van der Waals surface area contributed by atoms with Crippen molar-refractivity contribution in [1.29, 1.82) is 0 Å². The van der Waals surface area contributed by atoms with Crippen molar-refractivity contribution >= 4 is 0 Å². The second-order valence-electron chi connectivity index (χ2n) is 3.44. The molecule has 16 heavy (non-hydrogen) atoms. The van der Waals surface area contributed by atoms with Crippen LogP contribution in [-0.4, -0.2) is 11.9 Å². The van der Waals surface area contributed by atoms with Crippen LogP contribution in [0.4, 0.5) is 0 Å². The maximum atomic E-state index is 3.64. The molecule has 0 saturated carbocycles. The Balaban J connectivity index is 2.78. The molecule has 0 aromatic carbocycles. The van der Waals surface area contributed by atoms with E-state index < -0.39 is 0 Å². The Hall–Kier alpha value is -1.98. The second-order valence-corrected chi connectivity index (χ2v) is 3.44. The van der Waals surface area contributed by atoms with Crippen molar-refractivity contribution in [3.63, 3.8) is 0 Å². The van der Waals surface area contributed by atoms with Crippen LogP contribution >= 0.6 is 0 Å². The highest BCUT2D eigenvalue weighted by Gasteiger charge is 2.01. The largest absolute Gasteiger partial charge is 0.348 e. The van der Waals surface area contributed by atoms with Gasteiger partial charge in [0.15, 0.2) is 0 Å². The Morgan fingerprint density at radius 3 is 2.94 bits per heavy atom. The molecule has 1 nitrogen and oxygen atoms in total. The fraction of sp³-hybridized carbons (Fsp3) is 0.133. The van der Waals surface area contributed by atoms with Crippen LogP contribution in [0.2, 0.25) is 0 Å². The lowest BCUT2D eigenvalue weighted by molar-refractivity contribution is 0.538. The van der Waals surface area contributed by atoms with Crippen LogP contribution in [0.25, 0.3) is 0 Å². The summed E-state index contributed by atoms with van der Waals surface area (Å²) in [5.74, 6) is 0. The Morgan fingerprint density at radius 2 is 2.19 bits per heavy atom. The molecule has 0 aliphatic heterocycles. The summed E-state index contributed by atoms with van der Waals surface area (Å²) >= 11 is 0. The van der Waals surface area contributed by atoms with E-state index in [0.717, 1.165) is 5.70 Å². The maximum Gasteiger partial charge on any atom is 0.0411 e. The van der Waals surface area contributed by atoms with Crippen molar-refractivity contribution < 1.29 is 0 Å². The first-order chi connectivity index (χ1) is 7.75. The number of allylic oxidation sites excluding steroid dienone is 9. The number of nitrogens with zero attached hydrogens (tertiary/aromatic N) is 1. The average molecular weight is 211 g/mol. The summed E-state index contributed by atoms with van der Waals surface area (Å²) in [5, 5.41) is 0. The molecule has 0 heterocycles. The zero-order valence-corrected chi connectivity index (χ0v) is 9.85. The van der Waals surface area contributed by atoms with Gasteiger partial charge in [0.05, 0.1) is 0 Å². The smallest absolute Gasteiger partial charge is 0.0411 e. The summed E-state index contributed by atoms with van der Waals surface area (Å²) < 4.78 is 0. The molecular weight excluding hydrogens is 194 g/mol. The molecule has 1 rings (SSSR count). The first-order valence-electron chi connectivity index (χ1n) is 5.25. The van der Waals surface area contributed by atoms with E-state index in [1.165, 1.54) is 5.70 Å². The predicted octanol–water partition coefficient (Wildman–Crippen LogP) is 3.73. The number of hydrogen-bond donors (Lipinski definition) is 0. The van der Waals surface area contributed by atoms with Gasteiger partial charge in [0.25, 0.3) is 0 Å². The topological polar surface area (TPSA) is 3.24 Å². The van der Waals surface area contributed by atoms with Gasteiger partial charge in [-0.1, -0.05) is 30.9 Å². The normalized spacial score (nSPS) is 15.1. The molecule has 0 unspecified atom stereocenters. The third-order valence-corrected chi connectivity index (χ3v) is 2.31. The highest BCUT2D eigenvalue weighted by Crippen LogP contribution is 2.12. The SMILES string of the molecule is C=C/C=C\C=C(/C)N(C)C1=CC=C=CC=C1. The van der Waals surface area contributed by atoms with Crippen molar-refractivity contribution in [1.82, 2.24) is 4.90 Å². The van der Waals surface area contributed by atoms with Gasteiger partial charge in [0, 0.05) is 18.4 Å². The quantitative estimate of drug-likeness (QED) is 0.506. The van der Waals surface area contributed by atoms with E-state index in [-0.39, 0.29) is 0 Å².